The molecule has 3 aromatic rings. The number of rotatable bonds is 14. The predicted molar refractivity (Wildman–Crippen MR) is 246 cm³/mol. The number of furan rings is 1. The average Bonchev–Trinajstić information content (AvgIpc) is 3.68. The third-order valence-electron chi connectivity index (χ3n) is 17.7. The third-order valence-corrected chi connectivity index (χ3v) is 17.7. The molecule has 5 aliphatic carbocycles. The van der Waals surface area contributed by atoms with Crippen molar-refractivity contribution in [3.8, 4) is 0 Å². The summed E-state index contributed by atoms with van der Waals surface area (Å²) in [7, 11) is 1.99. The number of aliphatic hydroxyl groups is 2. The van der Waals surface area contributed by atoms with Crippen LogP contribution in [-0.4, -0.2) is 59.7 Å². The van der Waals surface area contributed by atoms with Crippen LogP contribution in [0.3, 0.4) is 0 Å². The highest BCUT2D eigenvalue weighted by atomic mass is 16.6. The Balaban J connectivity index is 0.793. The van der Waals surface area contributed by atoms with E-state index in [1.807, 2.05) is 19.6 Å². The topological polar surface area (TPSA) is 129 Å². The van der Waals surface area contributed by atoms with Crippen LogP contribution >= 0.6 is 0 Å². The molecular formula is C53H76N4O4. The Kier molecular flexibility index (Phi) is 12.3. The minimum atomic E-state index is -0.680. The van der Waals surface area contributed by atoms with Gasteiger partial charge in [-0.05, 0) is 175 Å². The van der Waals surface area contributed by atoms with Gasteiger partial charge in [0.05, 0.1) is 35.9 Å². The summed E-state index contributed by atoms with van der Waals surface area (Å²) in [6.07, 6.45) is 23.0. The number of aryl methyl sites for hydroxylation is 1. The van der Waals surface area contributed by atoms with Crippen LogP contribution in [0.2, 0.25) is 0 Å². The molecule has 2 aromatic carbocycles. The molecule has 6 N–H and O–H groups in total. The molecule has 1 aliphatic heterocycles. The van der Waals surface area contributed by atoms with Gasteiger partial charge >= 0.3 is 0 Å². The van der Waals surface area contributed by atoms with E-state index in [4.69, 9.17) is 26.5 Å². The fraction of sp³-hybridized carbons (Fsp3) is 0.679. The van der Waals surface area contributed by atoms with Crippen LogP contribution < -0.4 is 16.4 Å². The molecule has 6 fully saturated rings. The predicted octanol–water partition coefficient (Wildman–Crippen LogP) is 9.96. The maximum Gasteiger partial charge on any atom is 0.188 e. The zero-order chi connectivity index (χ0) is 42.4. The number of nitrogens with two attached hydrogens (primary N) is 1. The summed E-state index contributed by atoms with van der Waals surface area (Å²) in [6.45, 7) is 12.3. The van der Waals surface area contributed by atoms with E-state index in [1.165, 1.54) is 79.0 Å². The van der Waals surface area contributed by atoms with Gasteiger partial charge in [-0.15, -0.1) is 0 Å². The van der Waals surface area contributed by atoms with Crippen molar-refractivity contribution in [1.29, 1.82) is 0 Å². The number of benzene rings is 2. The van der Waals surface area contributed by atoms with Gasteiger partial charge in [0.2, 0.25) is 0 Å². The number of hydrogen-bond donors (Lipinski definition) is 5. The second-order valence-electron chi connectivity index (χ2n) is 21.9. The number of nitrogens with one attached hydrogen (secondary N) is 2. The molecule has 6 aliphatic rings. The highest BCUT2D eigenvalue weighted by Gasteiger charge is 2.67. The van der Waals surface area contributed by atoms with Gasteiger partial charge in [-0.2, -0.15) is 0 Å². The van der Waals surface area contributed by atoms with Gasteiger partial charge in [0, 0.05) is 48.2 Å². The molecule has 0 bridgehead atoms. The Morgan fingerprint density at radius 3 is 2.69 bits per heavy atom. The van der Waals surface area contributed by atoms with Crippen molar-refractivity contribution in [2.75, 3.05) is 20.1 Å². The minimum absolute atomic E-state index is 0.00724. The highest BCUT2D eigenvalue weighted by molar-refractivity contribution is 5.85. The van der Waals surface area contributed by atoms with E-state index in [2.05, 4.69) is 66.9 Å². The first-order valence-electron chi connectivity index (χ1n) is 24.3. The summed E-state index contributed by atoms with van der Waals surface area (Å²) in [4.78, 5) is 4.99. The molecule has 2 heterocycles. The number of aliphatic hydroxyl groups excluding tert-OH is 1. The largest absolute Gasteiger partial charge is 0.471 e. The maximum atomic E-state index is 11.3. The smallest absolute Gasteiger partial charge is 0.188 e. The number of guanidine groups is 1. The van der Waals surface area contributed by atoms with Crippen molar-refractivity contribution in [2.24, 2.45) is 51.1 Å². The van der Waals surface area contributed by atoms with E-state index in [0.717, 1.165) is 82.2 Å². The van der Waals surface area contributed by atoms with Gasteiger partial charge in [-0.3, -0.25) is 4.99 Å². The number of ether oxygens (including phenoxy) is 1. The monoisotopic (exact) mass is 833 g/mol. The second-order valence-corrected chi connectivity index (χ2v) is 21.9. The molecular weight excluding hydrogens is 757 g/mol. The lowest BCUT2D eigenvalue weighted by Gasteiger charge is -2.58. The molecule has 1 aromatic heterocycles. The lowest BCUT2D eigenvalue weighted by atomic mass is 9.46. The number of aliphatic imine (C=N–C) groups is 1. The fourth-order valence-electron chi connectivity index (χ4n) is 14.3. The number of nitrogens with zero attached hydrogens (tertiary/aromatic N) is 1. The second kappa shape index (κ2) is 17.4. The highest BCUT2D eigenvalue weighted by Crippen LogP contribution is 2.69. The molecule has 12 atom stereocenters. The number of hydrogen-bond acceptors (Lipinski definition) is 6. The van der Waals surface area contributed by atoms with Gasteiger partial charge in [0.1, 0.15) is 0 Å². The third kappa shape index (κ3) is 8.99. The van der Waals surface area contributed by atoms with Crippen LogP contribution in [0.25, 0.3) is 10.8 Å². The summed E-state index contributed by atoms with van der Waals surface area (Å²) in [5, 5.41) is 30.7. The van der Waals surface area contributed by atoms with Gasteiger partial charge in [-0.25, -0.2) is 0 Å². The average molecular weight is 833 g/mol. The summed E-state index contributed by atoms with van der Waals surface area (Å²) in [5.74, 6) is 4.07. The SMILES string of the molecule is C=C1C[C@@]2(CC[C@@H](CC[C@]3(O)CCC[C@H](O)C3)C2)[C@@H]2O[C@]2(C)CC[C@H]2[C@@H]1C[C@]2(C)[C@H]1CC[C@H](CNC(N)=NC[C@@H](CCc2cccc(CNC)c2)c2cccc3cocc23)C1. The van der Waals surface area contributed by atoms with Crippen LogP contribution in [0.5, 0.6) is 0 Å². The molecule has 5 saturated carbocycles. The van der Waals surface area contributed by atoms with Crippen LogP contribution in [0.1, 0.15) is 146 Å². The lowest BCUT2D eigenvalue weighted by molar-refractivity contribution is -0.0693. The first kappa shape index (κ1) is 43.1. The Labute approximate surface area is 366 Å². The molecule has 61 heavy (non-hydrogen) atoms. The van der Waals surface area contributed by atoms with Crippen molar-refractivity contribution in [3.05, 3.63) is 83.8 Å². The van der Waals surface area contributed by atoms with Crippen LogP contribution in [0, 0.1) is 40.4 Å². The van der Waals surface area contributed by atoms with Crippen molar-refractivity contribution in [1.82, 2.24) is 10.6 Å². The Hall–Kier alpha value is -3.17. The van der Waals surface area contributed by atoms with E-state index < -0.39 is 5.60 Å². The lowest BCUT2D eigenvalue weighted by Crippen LogP contribution is -2.51. The fourth-order valence-corrected chi connectivity index (χ4v) is 14.3. The Bertz CT molecular complexity index is 2050. The summed E-state index contributed by atoms with van der Waals surface area (Å²) in [5.41, 5.74) is 12.0. The van der Waals surface area contributed by atoms with Crippen molar-refractivity contribution in [2.45, 2.75) is 165 Å². The van der Waals surface area contributed by atoms with Crippen molar-refractivity contribution >= 4 is 16.7 Å². The van der Waals surface area contributed by atoms with Crippen LogP contribution in [0.15, 0.2) is 76.6 Å². The number of fused-ring (bicyclic) bond motifs is 4. The number of allylic oxidation sites excluding steroid dienone is 1. The molecule has 0 radical (unpaired) electrons. The van der Waals surface area contributed by atoms with E-state index in [-0.39, 0.29) is 23.0 Å². The van der Waals surface area contributed by atoms with E-state index in [0.29, 0.717) is 54.1 Å². The van der Waals surface area contributed by atoms with Gasteiger partial charge in [0.25, 0.3) is 0 Å². The molecule has 332 valence electrons. The van der Waals surface area contributed by atoms with E-state index in [9.17, 15) is 10.2 Å². The van der Waals surface area contributed by atoms with Gasteiger partial charge in [-0.1, -0.05) is 61.5 Å². The van der Waals surface area contributed by atoms with E-state index >= 15 is 0 Å². The van der Waals surface area contributed by atoms with Crippen LogP contribution in [0.4, 0.5) is 0 Å². The molecule has 9 rings (SSSR count). The van der Waals surface area contributed by atoms with E-state index in [1.54, 1.807) is 0 Å². The van der Waals surface area contributed by atoms with Crippen LogP contribution in [-0.2, 0) is 17.7 Å². The quantitative estimate of drug-likeness (QED) is 0.0474. The Morgan fingerprint density at radius 2 is 1.84 bits per heavy atom. The maximum absolute atomic E-state index is 11.3. The van der Waals surface area contributed by atoms with Gasteiger partial charge in [0.15, 0.2) is 5.96 Å². The van der Waals surface area contributed by atoms with Crippen molar-refractivity contribution < 1.29 is 19.4 Å². The first-order valence-corrected chi connectivity index (χ1v) is 24.3. The van der Waals surface area contributed by atoms with Gasteiger partial charge < -0.3 is 35.7 Å². The first-order chi connectivity index (χ1) is 29.4. The summed E-state index contributed by atoms with van der Waals surface area (Å²) in [6, 6.07) is 15.4. The zero-order valence-electron chi connectivity index (χ0n) is 37.6. The molecule has 0 unspecified atom stereocenters. The minimum Gasteiger partial charge on any atom is -0.471 e. The molecule has 8 heteroatoms. The Morgan fingerprint density at radius 1 is 0.984 bits per heavy atom. The zero-order valence-corrected chi connectivity index (χ0v) is 37.6. The molecule has 1 saturated heterocycles. The normalized spacial score (nSPS) is 38.0. The standard InChI is InChI=1S/C53H76N4O4/c1-35-26-52(22-17-37(27-52)18-23-53(59)20-7-11-43(58)28-53)48-51(3,61-48)21-19-47-45(35)29-50(47,2)42-16-14-39(25-42)31-56-49(54)57-32-40(44-12-6-10-41-33-60-34-46(41)44)15-13-36-8-5-9-38(24-36)30-55-4/h5-6,8-10,12,24,33-34,37,39-40,42-43,45,47-48,55,58-59H,1,7,11,13-23,25-32H2,2-4H3,(H3,54,56,57)/t37-,39-,40+,42-,43-,45+,47-,48+,50+,51+,52+,53+/m0/s1. The molecule has 8 nitrogen and oxygen atoms in total. The number of epoxide rings is 1. The van der Waals surface area contributed by atoms with Crippen molar-refractivity contribution in [3.63, 3.8) is 0 Å². The molecule has 0 amide bonds. The summed E-state index contributed by atoms with van der Waals surface area (Å²) < 4.78 is 12.4. The molecule has 1 spiro atoms. The summed E-state index contributed by atoms with van der Waals surface area (Å²) >= 11 is 0.